The first-order valence-corrected chi connectivity index (χ1v) is 10.7. The van der Waals surface area contributed by atoms with Crippen LogP contribution in [-0.4, -0.2) is 18.8 Å². The molecule has 30 heavy (non-hydrogen) atoms. The summed E-state index contributed by atoms with van der Waals surface area (Å²) in [6.45, 7) is 4.91. The first kappa shape index (κ1) is 23.3. The fourth-order valence-electron chi connectivity index (χ4n) is 3.17. The van der Waals surface area contributed by atoms with E-state index < -0.39 is 6.09 Å². The second-order valence-electron chi connectivity index (χ2n) is 7.43. The Hall–Kier alpha value is -2.98. The zero-order chi connectivity index (χ0) is 21.6. The van der Waals surface area contributed by atoms with Crippen LogP contribution in [0.25, 0.3) is 0 Å². The van der Waals surface area contributed by atoms with Crippen molar-refractivity contribution in [2.75, 3.05) is 11.9 Å². The number of rotatable bonds is 12. The van der Waals surface area contributed by atoms with Gasteiger partial charge in [-0.05, 0) is 43.0 Å². The zero-order valence-electron chi connectivity index (χ0n) is 18.0. The van der Waals surface area contributed by atoms with Crippen molar-refractivity contribution in [3.05, 3.63) is 53.9 Å². The van der Waals surface area contributed by atoms with Crippen molar-refractivity contribution in [1.82, 2.24) is 0 Å². The topological polar surface area (TPSA) is 71.6 Å². The summed E-state index contributed by atoms with van der Waals surface area (Å²) in [4.78, 5) is 26.0. The molecule has 0 spiro atoms. The smallest absolute Gasteiger partial charge is 0.411 e. The minimum absolute atomic E-state index is 0.262. The van der Waals surface area contributed by atoms with E-state index in [0.29, 0.717) is 17.9 Å². The van der Waals surface area contributed by atoms with E-state index in [-0.39, 0.29) is 6.61 Å². The Kier molecular flexibility index (Phi) is 10.3. The molecule has 6 nitrogen and oxygen atoms in total. The van der Waals surface area contributed by atoms with Gasteiger partial charge in [0, 0.05) is 17.8 Å². The van der Waals surface area contributed by atoms with E-state index in [4.69, 9.17) is 4.74 Å². The van der Waals surface area contributed by atoms with Crippen LogP contribution in [0.3, 0.4) is 0 Å². The van der Waals surface area contributed by atoms with Crippen molar-refractivity contribution in [3.63, 3.8) is 0 Å². The molecule has 160 valence electrons. The van der Waals surface area contributed by atoms with E-state index >= 15 is 0 Å². The zero-order valence-corrected chi connectivity index (χ0v) is 18.0. The molecule has 0 aliphatic heterocycles. The van der Waals surface area contributed by atoms with Crippen LogP contribution in [0.2, 0.25) is 0 Å². The molecule has 0 aliphatic rings. The van der Waals surface area contributed by atoms with Crippen LogP contribution in [0.1, 0.15) is 56.6 Å². The van der Waals surface area contributed by atoms with Gasteiger partial charge in [-0.2, -0.15) is 4.99 Å². The van der Waals surface area contributed by atoms with Gasteiger partial charge in [0.15, 0.2) is 25.5 Å². The Morgan fingerprint density at radius 1 is 1.10 bits per heavy atom. The number of pyridine rings is 1. The summed E-state index contributed by atoms with van der Waals surface area (Å²) >= 11 is 0. The number of hydrogen-bond acceptors (Lipinski definition) is 4. The molecule has 1 aromatic carbocycles. The highest BCUT2D eigenvalue weighted by Gasteiger charge is 2.08. The van der Waals surface area contributed by atoms with Gasteiger partial charge in [-0.15, -0.1) is 0 Å². The molecule has 0 radical (unpaired) electrons. The lowest BCUT2D eigenvalue weighted by atomic mass is 10.1. The summed E-state index contributed by atoms with van der Waals surface area (Å²) in [6, 6.07) is 9.38. The first-order chi connectivity index (χ1) is 14.6. The van der Waals surface area contributed by atoms with Gasteiger partial charge < -0.3 is 4.74 Å². The lowest BCUT2D eigenvalue weighted by Gasteiger charge is -2.07. The number of carbonyl (C=O) groups is 1. The summed E-state index contributed by atoms with van der Waals surface area (Å²) in [5.74, 6) is 0. The van der Waals surface area contributed by atoms with Crippen LogP contribution in [0.15, 0.2) is 47.7 Å². The number of nitrogens with one attached hydrogen (secondary N) is 1. The van der Waals surface area contributed by atoms with Crippen molar-refractivity contribution in [1.29, 1.82) is 0 Å². The van der Waals surface area contributed by atoms with Crippen LogP contribution in [0.4, 0.5) is 16.2 Å². The van der Waals surface area contributed by atoms with Gasteiger partial charge in [0.2, 0.25) is 6.08 Å². The summed E-state index contributed by atoms with van der Waals surface area (Å²) in [7, 11) is 0. The molecule has 1 aromatic heterocycles. The number of hydrogen-bond donors (Lipinski definition) is 1. The largest absolute Gasteiger partial charge is 0.443 e. The van der Waals surface area contributed by atoms with Crippen molar-refractivity contribution in [2.45, 2.75) is 65.3 Å². The number of aliphatic imine (C=N–C) groups is 1. The Morgan fingerprint density at radius 2 is 1.83 bits per heavy atom. The molecule has 0 fully saturated rings. The van der Waals surface area contributed by atoms with E-state index in [9.17, 15) is 9.59 Å². The number of isocyanates is 1. The van der Waals surface area contributed by atoms with Crippen LogP contribution in [-0.2, 0) is 22.5 Å². The molecule has 0 saturated heterocycles. The molecular formula is C24H32N3O3+. The Balaban J connectivity index is 1.69. The molecular weight excluding hydrogens is 378 g/mol. The maximum atomic E-state index is 12.0. The van der Waals surface area contributed by atoms with E-state index in [0.717, 1.165) is 12.0 Å². The molecule has 1 heterocycles. The average molecular weight is 411 g/mol. The molecule has 1 amide bonds. The van der Waals surface area contributed by atoms with Crippen LogP contribution in [0, 0.1) is 6.92 Å². The standard InChI is InChI=1S/C24H31N3O3/c1-3-4-5-6-7-8-9-21-12-14-27(15-13-21)16-17-30-24(29)26-22-11-10-20(2)23(18-22)25-19-28/h10-15,18H,3-9,16-17H2,1-2H3/p+1. The highest BCUT2D eigenvalue weighted by molar-refractivity contribution is 5.85. The highest BCUT2D eigenvalue weighted by atomic mass is 16.5. The van der Waals surface area contributed by atoms with Crippen molar-refractivity contribution < 1.29 is 18.9 Å². The van der Waals surface area contributed by atoms with Gasteiger partial charge >= 0.3 is 6.09 Å². The summed E-state index contributed by atoms with van der Waals surface area (Å²) in [6.07, 6.45) is 14.0. The third-order valence-corrected chi connectivity index (χ3v) is 4.98. The average Bonchev–Trinajstić information content (AvgIpc) is 2.74. The number of ether oxygens (including phenoxy) is 1. The van der Waals surface area contributed by atoms with Gasteiger partial charge in [0.05, 0.1) is 5.69 Å². The van der Waals surface area contributed by atoms with Crippen molar-refractivity contribution >= 4 is 23.5 Å². The third kappa shape index (κ3) is 8.58. The number of nitrogens with zero attached hydrogens (tertiary/aromatic N) is 2. The molecule has 0 atom stereocenters. The maximum Gasteiger partial charge on any atom is 0.411 e. The van der Waals surface area contributed by atoms with Gasteiger partial charge in [0.25, 0.3) is 0 Å². The van der Waals surface area contributed by atoms with E-state index in [2.05, 4.69) is 29.4 Å². The Bertz CT molecular complexity index is 843. The quantitative estimate of drug-likeness (QED) is 0.220. The molecule has 0 aliphatic carbocycles. The number of anilines is 1. The normalized spacial score (nSPS) is 10.3. The van der Waals surface area contributed by atoms with Gasteiger partial charge in [0.1, 0.15) is 0 Å². The summed E-state index contributed by atoms with van der Waals surface area (Å²) < 4.78 is 7.24. The first-order valence-electron chi connectivity index (χ1n) is 10.7. The fourth-order valence-corrected chi connectivity index (χ4v) is 3.17. The predicted octanol–water partition coefficient (Wildman–Crippen LogP) is 5.40. The molecule has 2 rings (SSSR count). The van der Waals surface area contributed by atoms with E-state index in [1.54, 1.807) is 18.2 Å². The lowest BCUT2D eigenvalue weighted by Crippen LogP contribution is -2.36. The predicted molar refractivity (Wildman–Crippen MR) is 118 cm³/mol. The van der Waals surface area contributed by atoms with Crippen LogP contribution >= 0.6 is 0 Å². The van der Waals surface area contributed by atoms with Gasteiger partial charge in [-0.3, -0.25) is 5.32 Å². The van der Waals surface area contributed by atoms with Gasteiger partial charge in [-0.25, -0.2) is 14.2 Å². The number of carbonyl (C=O) groups excluding carboxylic acids is 2. The minimum Gasteiger partial charge on any atom is -0.443 e. The second kappa shape index (κ2) is 13.3. The molecule has 6 heteroatoms. The maximum absolute atomic E-state index is 12.0. The lowest BCUT2D eigenvalue weighted by molar-refractivity contribution is -0.697. The minimum atomic E-state index is -0.542. The highest BCUT2D eigenvalue weighted by Crippen LogP contribution is 2.22. The van der Waals surface area contributed by atoms with Crippen LogP contribution < -0.4 is 9.88 Å². The SMILES string of the molecule is CCCCCCCCc1cc[n+](CCOC(=O)Nc2ccc(C)c(N=C=O)c2)cc1. The summed E-state index contributed by atoms with van der Waals surface area (Å²) in [5, 5.41) is 2.64. The molecule has 0 saturated carbocycles. The fraction of sp³-hybridized carbons (Fsp3) is 0.458. The number of unbranched alkanes of at least 4 members (excludes halogenated alkanes) is 5. The Labute approximate surface area is 179 Å². The summed E-state index contributed by atoms with van der Waals surface area (Å²) in [5.41, 5.74) is 3.16. The number of aryl methyl sites for hydroxylation is 2. The molecule has 0 bridgehead atoms. The number of benzene rings is 1. The monoisotopic (exact) mass is 410 g/mol. The number of aromatic nitrogens is 1. The molecule has 2 aromatic rings. The third-order valence-electron chi connectivity index (χ3n) is 4.98. The number of amides is 1. The Morgan fingerprint density at radius 3 is 2.57 bits per heavy atom. The molecule has 1 N–H and O–H groups in total. The van der Waals surface area contributed by atoms with Crippen molar-refractivity contribution in [2.24, 2.45) is 4.99 Å². The molecule has 0 unspecified atom stereocenters. The van der Waals surface area contributed by atoms with Crippen LogP contribution in [0.5, 0.6) is 0 Å². The van der Waals surface area contributed by atoms with E-state index in [1.165, 1.54) is 50.2 Å². The van der Waals surface area contributed by atoms with E-state index in [1.807, 2.05) is 23.9 Å². The second-order valence-corrected chi connectivity index (χ2v) is 7.43. The van der Waals surface area contributed by atoms with Crippen molar-refractivity contribution in [3.8, 4) is 0 Å². The van der Waals surface area contributed by atoms with Gasteiger partial charge in [-0.1, -0.05) is 45.1 Å².